The van der Waals surface area contributed by atoms with Crippen molar-refractivity contribution in [2.45, 2.75) is 46.3 Å². The summed E-state index contributed by atoms with van der Waals surface area (Å²) >= 11 is 5.90. The molecule has 0 aromatic carbocycles. The van der Waals surface area contributed by atoms with Gasteiger partial charge in [0.05, 0.1) is 11.2 Å². The van der Waals surface area contributed by atoms with Crippen LogP contribution in [0.1, 0.15) is 34.6 Å². The fourth-order valence-corrected chi connectivity index (χ4v) is 1.62. The number of ether oxygens (including phenoxy) is 1. The Balaban J connectivity index is 2.63. The van der Waals surface area contributed by atoms with Crippen molar-refractivity contribution in [1.82, 2.24) is 10.3 Å². The molecule has 0 aliphatic carbocycles. The van der Waals surface area contributed by atoms with Crippen LogP contribution >= 0.6 is 11.6 Å². The number of nitrogens with zero attached hydrogens (tertiary/aromatic N) is 1. The lowest BCUT2D eigenvalue weighted by molar-refractivity contribution is 0.139. The van der Waals surface area contributed by atoms with Gasteiger partial charge in [-0.3, -0.25) is 4.98 Å². The summed E-state index contributed by atoms with van der Waals surface area (Å²) < 4.78 is 5.94. The van der Waals surface area contributed by atoms with Crippen molar-refractivity contribution >= 4 is 11.6 Å². The quantitative estimate of drug-likeness (QED) is 0.889. The largest absolute Gasteiger partial charge is 0.487 e. The van der Waals surface area contributed by atoms with Gasteiger partial charge in [-0.2, -0.15) is 0 Å². The highest BCUT2D eigenvalue weighted by Gasteiger charge is 2.18. The van der Waals surface area contributed by atoms with Crippen LogP contribution < -0.4 is 10.1 Å². The molecule has 3 nitrogen and oxygen atoms in total. The van der Waals surface area contributed by atoms with E-state index < -0.39 is 0 Å². The predicted molar refractivity (Wildman–Crippen MR) is 76.3 cm³/mol. The molecule has 0 amide bonds. The Labute approximate surface area is 115 Å². The van der Waals surface area contributed by atoms with Gasteiger partial charge in [-0.15, -0.1) is 0 Å². The summed E-state index contributed by atoms with van der Waals surface area (Å²) in [5, 5.41) is 4.06. The highest BCUT2D eigenvalue weighted by Crippen LogP contribution is 2.19. The van der Waals surface area contributed by atoms with Gasteiger partial charge >= 0.3 is 0 Å². The van der Waals surface area contributed by atoms with E-state index in [1.165, 1.54) is 0 Å². The summed E-state index contributed by atoms with van der Waals surface area (Å²) in [5.41, 5.74) is 0.0864. The Kier molecular flexibility index (Phi) is 5.42. The molecular weight excluding hydrogens is 248 g/mol. The van der Waals surface area contributed by atoms with E-state index in [1.54, 1.807) is 18.5 Å². The van der Waals surface area contributed by atoms with Gasteiger partial charge in [-0.25, -0.2) is 0 Å². The number of nitrogens with one attached hydrogen (secondary N) is 1. The van der Waals surface area contributed by atoms with Crippen LogP contribution in [0.15, 0.2) is 18.5 Å². The fourth-order valence-electron chi connectivity index (χ4n) is 1.45. The van der Waals surface area contributed by atoms with Crippen molar-refractivity contribution in [2.24, 2.45) is 5.92 Å². The third kappa shape index (κ3) is 5.69. The van der Waals surface area contributed by atoms with Crippen LogP contribution in [0, 0.1) is 5.92 Å². The van der Waals surface area contributed by atoms with E-state index in [9.17, 15) is 0 Å². The van der Waals surface area contributed by atoms with E-state index >= 15 is 0 Å². The van der Waals surface area contributed by atoms with Gasteiger partial charge in [0.2, 0.25) is 0 Å². The highest BCUT2D eigenvalue weighted by molar-refractivity contribution is 6.30. The number of pyridine rings is 1. The van der Waals surface area contributed by atoms with Gasteiger partial charge in [0.1, 0.15) is 11.9 Å². The van der Waals surface area contributed by atoms with E-state index in [2.05, 4.69) is 44.9 Å². The lowest BCUT2D eigenvalue weighted by Crippen LogP contribution is -2.44. The number of rotatable bonds is 5. The van der Waals surface area contributed by atoms with Crippen LogP contribution in [-0.4, -0.2) is 23.2 Å². The molecule has 1 heterocycles. The van der Waals surface area contributed by atoms with Gasteiger partial charge in [-0.1, -0.05) is 25.4 Å². The predicted octanol–water partition coefficient (Wildman–Crippen LogP) is 3.53. The second kappa shape index (κ2) is 6.39. The van der Waals surface area contributed by atoms with Crippen LogP contribution in [0.2, 0.25) is 5.02 Å². The highest BCUT2D eigenvalue weighted by atomic mass is 35.5. The van der Waals surface area contributed by atoms with Crippen molar-refractivity contribution in [1.29, 1.82) is 0 Å². The molecule has 1 N–H and O–H groups in total. The minimum absolute atomic E-state index is 0.0864. The zero-order chi connectivity index (χ0) is 13.8. The molecule has 0 saturated heterocycles. The minimum atomic E-state index is 0.0864. The Bertz CT molecular complexity index is 374. The fraction of sp³-hybridized carbons (Fsp3) is 0.643. The number of halogens is 1. The molecule has 1 unspecified atom stereocenters. The molecule has 0 saturated carbocycles. The molecule has 1 rings (SSSR count). The summed E-state index contributed by atoms with van der Waals surface area (Å²) in [7, 11) is 0. The summed E-state index contributed by atoms with van der Waals surface area (Å²) in [6.07, 6.45) is 3.40. The van der Waals surface area contributed by atoms with Gasteiger partial charge in [0.15, 0.2) is 0 Å². The van der Waals surface area contributed by atoms with E-state index in [4.69, 9.17) is 16.3 Å². The van der Waals surface area contributed by atoms with E-state index in [0.717, 1.165) is 12.3 Å². The Hall–Kier alpha value is -0.800. The third-order valence-electron chi connectivity index (χ3n) is 2.54. The Morgan fingerprint density at radius 1 is 1.33 bits per heavy atom. The number of aromatic nitrogens is 1. The number of hydrogen-bond donors (Lipinski definition) is 1. The molecular formula is C14H23ClN2O. The summed E-state index contributed by atoms with van der Waals surface area (Å²) in [4.78, 5) is 4.03. The molecule has 0 bridgehead atoms. The first kappa shape index (κ1) is 15.3. The van der Waals surface area contributed by atoms with Crippen LogP contribution in [0.25, 0.3) is 0 Å². The average Bonchev–Trinajstić information content (AvgIpc) is 2.22. The molecule has 1 aromatic heterocycles. The van der Waals surface area contributed by atoms with Crippen molar-refractivity contribution in [3.8, 4) is 5.75 Å². The Morgan fingerprint density at radius 2 is 2.00 bits per heavy atom. The lowest BCUT2D eigenvalue weighted by atomic mass is 10.0. The van der Waals surface area contributed by atoms with Crippen molar-refractivity contribution in [2.75, 3.05) is 6.54 Å². The van der Waals surface area contributed by atoms with Gasteiger partial charge in [0.25, 0.3) is 0 Å². The Morgan fingerprint density at radius 3 is 2.50 bits per heavy atom. The molecule has 0 fully saturated rings. The smallest absolute Gasteiger partial charge is 0.139 e. The van der Waals surface area contributed by atoms with Crippen LogP contribution in [0.5, 0.6) is 5.75 Å². The van der Waals surface area contributed by atoms with Crippen LogP contribution in [-0.2, 0) is 0 Å². The molecule has 0 aliphatic rings. The van der Waals surface area contributed by atoms with Gasteiger partial charge in [0, 0.05) is 24.3 Å². The maximum absolute atomic E-state index is 5.94. The molecule has 0 spiro atoms. The first-order chi connectivity index (χ1) is 8.28. The first-order valence-corrected chi connectivity index (χ1v) is 6.68. The molecule has 0 radical (unpaired) electrons. The SMILES string of the molecule is CC(C)C(CNC(C)(C)C)Oc1cncc(Cl)c1. The normalized spacial score (nSPS) is 13.7. The van der Waals surface area contributed by atoms with E-state index in [1.807, 2.05) is 0 Å². The molecule has 0 aliphatic heterocycles. The third-order valence-corrected chi connectivity index (χ3v) is 2.75. The van der Waals surface area contributed by atoms with Crippen molar-refractivity contribution in [3.63, 3.8) is 0 Å². The van der Waals surface area contributed by atoms with Crippen LogP contribution in [0.3, 0.4) is 0 Å². The summed E-state index contributed by atoms with van der Waals surface area (Å²) in [6.45, 7) is 11.5. The molecule has 102 valence electrons. The minimum Gasteiger partial charge on any atom is -0.487 e. The van der Waals surface area contributed by atoms with Crippen molar-refractivity contribution in [3.05, 3.63) is 23.5 Å². The maximum atomic E-state index is 5.94. The molecule has 1 aromatic rings. The lowest BCUT2D eigenvalue weighted by Gasteiger charge is -2.28. The maximum Gasteiger partial charge on any atom is 0.139 e. The first-order valence-electron chi connectivity index (χ1n) is 6.30. The summed E-state index contributed by atoms with van der Waals surface area (Å²) in [5.74, 6) is 1.13. The molecule has 4 heteroatoms. The molecule has 1 atom stereocenters. The van der Waals surface area contributed by atoms with E-state index in [-0.39, 0.29) is 11.6 Å². The second-order valence-corrected chi connectivity index (χ2v) is 6.31. The van der Waals surface area contributed by atoms with Crippen molar-refractivity contribution < 1.29 is 4.74 Å². The average molecular weight is 271 g/mol. The molecule has 18 heavy (non-hydrogen) atoms. The standard InChI is InChI=1S/C14H23ClN2O/c1-10(2)13(9-17-14(3,4)5)18-12-6-11(15)7-16-8-12/h6-8,10,13,17H,9H2,1-5H3. The van der Waals surface area contributed by atoms with Gasteiger partial charge in [-0.05, 0) is 26.7 Å². The summed E-state index contributed by atoms with van der Waals surface area (Å²) in [6, 6.07) is 1.79. The topological polar surface area (TPSA) is 34.1 Å². The van der Waals surface area contributed by atoms with Gasteiger partial charge < -0.3 is 10.1 Å². The van der Waals surface area contributed by atoms with E-state index in [0.29, 0.717) is 10.9 Å². The van der Waals surface area contributed by atoms with Crippen LogP contribution in [0.4, 0.5) is 0 Å². The zero-order valence-corrected chi connectivity index (χ0v) is 12.6. The zero-order valence-electron chi connectivity index (χ0n) is 11.8. The number of hydrogen-bond acceptors (Lipinski definition) is 3. The second-order valence-electron chi connectivity index (χ2n) is 5.87. The monoisotopic (exact) mass is 270 g/mol.